The third-order valence-corrected chi connectivity index (χ3v) is 12.9. The molecule has 1 atom stereocenters. The Kier molecular flexibility index (Phi) is 15.5. The van der Waals surface area contributed by atoms with Crippen LogP contribution >= 0.6 is 23.5 Å². The molecule has 4 rings (SSSR count). The van der Waals surface area contributed by atoms with Gasteiger partial charge in [0.1, 0.15) is 23.9 Å². The van der Waals surface area contributed by atoms with E-state index in [-0.39, 0.29) is 12.6 Å². The number of thioether (sulfide) groups is 2. The first-order valence-corrected chi connectivity index (χ1v) is 21.0. The molecule has 0 amide bonds. The monoisotopic (exact) mass is 748 g/mol. The minimum atomic E-state index is -0.789. The largest absolute Gasteiger partial charge is 0.489 e. The standard InChI is InChI=1S/C44H60O6S2/c1-28(2)42(45)48-34(9)39(25-51-37-17-13-11-14-18-37)49-41-32(7)23-36(24-33(41)8)35-21-30(5)40(31(6)22-35)47-26-44(10,50-43(46)29(3)4)27-52-38-19-15-12-16-20-38/h21-24,37-38H,1,3,11-20,25-27H2,2,4-10H3/b39-34+. The molecule has 0 N–H and O–H groups in total. The Morgan fingerprint density at radius 3 is 1.65 bits per heavy atom. The quantitative estimate of drug-likeness (QED) is 0.0955. The van der Waals surface area contributed by atoms with E-state index in [9.17, 15) is 9.59 Å². The van der Waals surface area contributed by atoms with E-state index < -0.39 is 11.6 Å². The van der Waals surface area contributed by atoms with Gasteiger partial charge >= 0.3 is 11.9 Å². The Bertz CT molecular complexity index is 1600. The van der Waals surface area contributed by atoms with E-state index in [1.54, 1.807) is 20.8 Å². The Balaban J connectivity index is 1.53. The van der Waals surface area contributed by atoms with Gasteiger partial charge in [-0.05, 0) is 139 Å². The zero-order valence-electron chi connectivity index (χ0n) is 32.8. The first kappa shape index (κ1) is 41.7. The summed E-state index contributed by atoms with van der Waals surface area (Å²) in [6.07, 6.45) is 12.5. The van der Waals surface area contributed by atoms with Crippen LogP contribution in [0.4, 0.5) is 0 Å². The number of hydrogen-bond donors (Lipinski definition) is 0. The number of hydrogen-bond acceptors (Lipinski definition) is 8. The molecule has 2 aromatic carbocycles. The van der Waals surface area contributed by atoms with Crippen LogP contribution in [0.3, 0.4) is 0 Å². The molecular weight excluding hydrogens is 689 g/mol. The highest BCUT2D eigenvalue weighted by atomic mass is 32.2. The van der Waals surface area contributed by atoms with Gasteiger partial charge in [0.2, 0.25) is 0 Å². The molecule has 8 heteroatoms. The van der Waals surface area contributed by atoms with Gasteiger partial charge in [0.05, 0.1) is 5.75 Å². The van der Waals surface area contributed by atoms with Gasteiger partial charge in [-0.15, -0.1) is 0 Å². The minimum Gasteiger partial charge on any atom is -0.489 e. The zero-order valence-corrected chi connectivity index (χ0v) is 34.5. The van der Waals surface area contributed by atoms with E-state index in [0.717, 1.165) is 44.9 Å². The van der Waals surface area contributed by atoms with Crippen LogP contribution in [0.5, 0.6) is 11.5 Å². The van der Waals surface area contributed by atoms with Gasteiger partial charge in [0, 0.05) is 27.4 Å². The Hall–Kier alpha value is -3.10. The van der Waals surface area contributed by atoms with Crippen molar-refractivity contribution in [2.45, 2.75) is 136 Å². The lowest BCUT2D eigenvalue weighted by atomic mass is 9.96. The normalized spacial score (nSPS) is 17.1. The van der Waals surface area contributed by atoms with Crippen molar-refractivity contribution in [3.63, 3.8) is 0 Å². The van der Waals surface area contributed by atoms with Crippen molar-refractivity contribution in [1.82, 2.24) is 0 Å². The van der Waals surface area contributed by atoms with E-state index in [1.807, 2.05) is 30.4 Å². The molecule has 0 bridgehead atoms. The maximum absolute atomic E-state index is 12.7. The highest BCUT2D eigenvalue weighted by Gasteiger charge is 2.33. The molecule has 2 saturated carbocycles. The first-order chi connectivity index (χ1) is 24.7. The molecule has 284 valence electrons. The molecule has 0 aromatic heterocycles. The molecule has 0 spiro atoms. The summed E-state index contributed by atoms with van der Waals surface area (Å²) in [5.41, 5.74) is 6.13. The lowest BCUT2D eigenvalue weighted by Gasteiger charge is -2.32. The minimum absolute atomic E-state index is 0.257. The summed E-state index contributed by atoms with van der Waals surface area (Å²) >= 11 is 3.78. The maximum atomic E-state index is 12.7. The number of benzene rings is 2. The highest BCUT2D eigenvalue weighted by molar-refractivity contribution is 8.00. The van der Waals surface area contributed by atoms with Gasteiger partial charge in [0.25, 0.3) is 0 Å². The van der Waals surface area contributed by atoms with Crippen LogP contribution in [0.1, 0.15) is 114 Å². The molecule has 0 heterocycles. The maximum Gasteiger partial charge on any atom is 0.338 e. The van der Waals surface area contributed by atoms with Crippen molar-refractivity contribution in [2.75, 3.05) is 18.1 Å². The van der Waals surface area contributed by atoms with Crippen LogP contribution in [0.2, 0.25) is 0 Å². The molecular formula is C44H60O6S2. The molecule has 1 unspecified atom stereocenters. The van der Waals surface area contributed by atoms with Crippen molar-refractivity contribution < 1.29 is 28.5 Å². The summed E-state index contributed by atoms with van der Waals surface area (Å²) in [6, 6.07) is 8.60. The fourth-order valence-corrected chi connectivity index (χ4v) is 9.53. The second-order valence-electron chi connectivity index (χ2n) is 15.2. The Labute approximate surface area is 321 Å². The number of carbonyl (C=O) groups excluding carboxylic acids is 2. The van der Waals surface area contributed by atoms with Gasteiger partial charge in [-0.2, -0.15) is 23.5 Å². The van der Waals surface area contributed by atoms with Crippen LogP contribution in [-0.2, 0) is 19.1 Å². The molecule has 2 fully saturated rings. The zero-order chi connectivity index (χ0) is 38.0. The molecule has 0 aliphatic heterocycles. The second-order valence-corrected chi connectivity index (χ2v) is 17.8. The molecule has 52 heavy (non-hydrogen) atoms. The number of aryl methyl sites for hydroxylation is 4. The molecule has 0 saturated heterocycles. The average Bonchev–Trinajstić information content (AvgIpc) is 3.10. The van der Waals surface area contributed by atoms with Crippen LogP contribution < -0.4 is 9.47 Å². The fraction of sp³-hybridized carbons (Fsp3) is 0.545. The fourth-order valence-electron chi connectivity index (χ4n) is 6.82. The summed E-state index contributed by atoms with van der Waals surface area (Å²) in [7, 11) is 0. The smallest absolute Gasteiger partial charge is 0.338 e. The van der Waals surface area contributed by atoms with Crippen molar-refractivity contribution in [3.8, 4) is 22.6 Å². The summed E-state index contributed by atoms with van der Waals surface area (Å²) in [5, 5.41) is 1.18. The first-order valence-electron chi connectivity index (χ1n) is 18.9. The van der Waals surface area contributed by atoms with E-state index in [2.05, 4.69) is 65.1 Å². The predicted octanol–water partition coefficient (Wildman–Crippen LogP) is 11.7. The number of ether oxygens (including phenoxy) is 4. The summed E-state index contributed by atoms with van der Waals surface area (Å²) in [6.45, 7) is 23.1. The van der Waals surface area contributed by atoms with Crippen molar-refractivity contribution in [1.29, 1.82) is 0 Å². The van der Waals surface area contributed by atoms with Crippen LogP contribution in [-0.4, -0.2) is 46.2 Å². The van der Waals surface area contributed by atoms with E-state index in [0.29, 0.717) is 44.7 Å². The molecule has 6 nitrogen and oxygen atoms in total. The SMILES string of the molecule is C=C(C)C(=O)O/C(C)=C(\CSC1CCCCC1)Oc1c(C)cc(-c2cc(C)c(OCC(C)(CSC3CCCCC3)OC(=O)C(=C)C)c(C)c2)cc1C. The number of rotatable bonds is 16. The second kappa shape index (κ2) is 19.3. The van der Waals surface area contributed by atoms with Crippen molar-refractivity contribution in [2.24, 2.45) is 0 Å². The van der Waals surface area contributed by atoms with E-state index in [1.165, 1.54) is 64.2 Å². The lowest BCUT2D eigenvalue weighted by molar-refractivity contribution is -0.153. The van der Waals surface area contributed by atoms with Gasteiger partial charge in [-0.3, -0.25) is 0 Å². The third kappa shape index (κ3) is 12.0. The summed E-state index contributed by atoms with van der Waals surface area (Å²) in [4.78, 5) is 25.1. The van der Waals surface area contributed by atoms with Crippen molar-refractivity contribution in [3.05, 3.63) is 82.3 Å². The third-order valence-electron chi connectivity index (χ3n) is 9.85. The van der Waals surface area contributed by atoms with Gasteiger partial charge < -0.3 is 18.9 Å². The van der Waals surface area contributed by atoms with Gasteiger partial charge in [-0.25, -0.2) is 9.59 Å². The van der Waals surface area contributed by atoms with Gasteiger partial charge in [-0.1, -0.05) is 51.7 Å². The summed E-state index contributed by atoms with van der Waals surface area (Å²) < 4.78 is 24.8. The number of carbonyl (C=O) groups is 2. The molecule has 2 aliphatic rings. The molecule has 2 aliphatic carbocycles. The Morgan fingerprint density at radius 1 is 0.712 bits per heavy atom. The average molecular weight is 749 g/mol. The highest BCUT2D eigenvalue weighted by Crippen LogP contribution is 2.38. The van der Waals surface area contributed by atoms with Crippen molar-refractivity contribution >= 4 is 35.5 Å². The molecule has 2 aromatic rings. The summed E-state index contributed by atoms with van der Waals surface area (Å²) in [5.74, 6) is 3.19. The van der Waals surface area contributed by atoms with Crippen LogP contribution in [0.15, 0.2) is 60.1 Å². The topological polar surface area (TPSA) is 71.1 Å². The van der Waals surface area contributed by atoms with Crippen LogP contribution in [0.25, 0.3) is 11.1 Å². The number of allylic oxidation sites excluding steroid dienone is 1. The van der Waals surface area contributed by atoms with E-state index >= 15 is 0 Å². The molecule has 0 radical (unpaired) electrons. The van der Waals surface area contributed by atoms with Gasteiger partial charge in [0.15, 0.2) is 11.4 Å². The van der Waals surface area contributed by atoms with Crippen LogP contribution in [0, 0.1) is 27.7 Å². The van der Waals surface area contributed by atoms with E-state index in [4.69, 9.17) is 18.9 Å². The lowest BCUT2D eigenvalue weighted by Crippen LogP contribution is -2.41. The Morgan fingerprint density at radius 2 is 1.17 bits per heavy atom. The number of esters is 2. The predicted molar refractivity (Wildman–Crippen MR) is 219 cm³/mol.